The number of amides is 1. The number of carbonyl (C=O) groups excluding carboxylic acids is 1. The van der Waals surface area contributed by atoms with Crippen LogP contribution in [0.4, 0.5) is 5.82 Å². The maximum absolute atomic E-state index is 13.0. The van der Waals surface area contributed by atoms with Gasteiger partial charge in [0.2, 0.25) is 5.91 Å². The molecular formula is C26H39N5O. The first-order valence-electron chi connectivity index (χ1n) is 13.3. The van der Waals surface area contributed by atoms with Crippen molar-refractivity contribution in [3.8, 4) is 0 Å². The Hall–Kier alpha value is -1.69. The zero-order valence-corrected chi connectivity index (χ0v) is 19.5. The lowest BCUT2D eigenvalue weighted by molar-refractivity contribution is -0.133. The van der Waals surface area contributed by atoms with Gasteiger partial charge in [-0.15, -0.1) is 0 Å². The topological polar surface area (TPSA) is 61.4 Å². The molecule has 7 rings (SSSR count). The highest BCUT2D eigenvalue weighted by atomic mass is 16.2. The lowest BCUT2D eigenvalue weighted by Gasteiger charge is -2.54. The molecule has 4 aliphatic carbocycles. The summed E-state index contributed by atoms with van der Waals surface area (Å²) in [6.45, 7) is 5.19. The first kappa shape index (κ1) is 20.9. The predicted octanol–water partition coefficient (Wildman–Crippen LogP) is 3.72. The molecule has 0 unspecified atom stereocenters. The van der Waals surface area contributed by atoms with E-state index < -0.39 is 0 Å². The molecule has 6 nitrogen and oxygen atoms in total. The van der Waals surface area contributed by atoms with Crippen LogP contribution in [0.5, 0.6) is 0 Å². The SMILES string of the molecule is O=C(CN1CCCCCC1)N1CCc2c(ncnc2NCC2C3CC4CC(C3)CC2C4)C1. The van der Waals surface area contributed by atoms with E-state index in [1.165, 1.54) is 63.4 Å². The van der Waals surface area contributed by atoms with Gasteiger partial charge in [-0.05, 0) is 94.0 Å². The van der Waals surface area contributed by atoms with E-state index >= 15 is 0 Å². The van der Waals surface area contributed by atoms with Gasteiger partial charge in [-0.3, -0.25) is 9.69 Å². The van der Waals surface area contributed by atoms with Crippen LogP contribution in [0.2, 0.25) is 0 Å². The normalized spacial score (nSPS) is 34.2. The molecule has 6 aliphatic rings. The van der Waals surface area contributed by atoms with Crippen molar-refractivity contribution in [1.29, 1.82) is 0 Å². The first-order valence-corrected chi connectivity index (χ1v) is 13.3. The predicted molar refractivity (Wildman–Crippen MR) is 125 cm³/mol. The summed E-state index contributed by atoms with van der Waals surface area (Å²) < 4.78 is 0. The van der Waals surface area contributed by atoms with Gasteiger partial charge in [0.1, 0.15) is 12.1 Å². The summed E-state index contributed by atoms with van der Waals surface area (Å²) in [4.78, 5) is 26.6. The Kier molecular flexibility index (Phi) is 5.82. The third kappa shape index (κ3) is 4.15. The summed E-state index contributed by atoms with van der Waals surface area (Å²) in [5, 5.41) is 3.75. The number of rotatable bonds is 5. The van der Waals surface area contributed by atoms with Crippen molar-refractivity contribution in [3.63, 3.8) is 0 Å². The van der Waals surface area contributed by atoms with Crippen LogP contribution in [0.25, 0.3) is 0 Å². The zero-order chi connectivity index (χ0) is 21.5. The molecule has 3 heterocycles. The van der Waals surface area contributed by atoms with Gasteiger partial charge in [0.05, 0.1) is 18.8 Å². The third-order valence-electron chi connectivity index (χ3n) is 9.34. The molecule has 32 heavy (non-hydrogen) atoms. The van der Waals surface area contributed by atoms with Gasteiger partial charge < -0.3 is 10.2 Å². The molecule has 1 N–H and O–H groups in total. The van der Waals surface area contributed by atoms with Crippen molar-refractivity contribution < 1.29 is 4.79 Å². The van der Waals surface area contributed by atoms with Crippen LogP contribution in [-0.4, -0.2) is 58.4 Å². The molecule has 0 atom stereocenters. The van der Waals surface area contributed by atoms with E-state index in [9.17, 15) is 4.79 Å². The summed E-state index contributed by atoms with van der Waals surface area (Å²) in [6, 6.07) is 0. The lowest BCUT2D eigenvalue weighted by Crippen LogP contribution is -2.47. The summed E-state index contributed by atoms with van der Waals surface area (Å²) in [5.41, 5.74) is 2.29. The maximum Gasteiger partial charge on any atom is 0.237 e. The third-order valence-corrected chi connectivity index (χ3v) is 9.34. The van der Waals surface area contributed by atoms with E-state index in [4.69, 9.17) is 0 Å². The van der Waals surface area contributed by atoms with Gasteiger partial charge in [-0.2, -0.15) is 0 Å². The molecule has 1 saturated heterocycles. The number of fused-ring (bicyclic) bond motifs is 1. The number of likely N-dealkylation sites (tertiary alicyclic amines) is 1. The molecule has 2 aliphatic heterocycles. The number of hydrogen-bond donors (Lipinski definition) is 1. The van der Waals surface area contributed by atoms with E-state index in [1.807, 2.05) is 4.90 Å². The van der Waals surface area contributed by atoms with E-state index in [0.29, 0.717) is 13.1 Å². The van der Waals surface area contributed by atoms with E-state index in [1.54, 1.807) is 6.33 Å². The van der Waals surface area contributed by atoms with E-state index in [0.717, 1.165) is 73.7 Å². The van der Waals surface area contributed by atoms with Gasteiger partial charge >= 0.3 is 0 Å². The Morgan fingerprint density at radius 1 is 0.938 bits per heavy atom. The van der Waals surface area contributed by atoms with Crippen LogP contribution in [-0.2, 0) is 17.8 Å². The van der Waals surface area contributed by atoms with Crippen molar-refractivity contribution >= 4 is 11.7 Å². The van der Waals surface area contributed by atoms with Crippen LogP contribution in [0.15, 0.2) is 6.33 Å². The second-order valence-electron chi connectivity index (χ2n) is 11.4. The highest BCUT2D eigenvalue weighted by molar-refractivity contribution is 5.78. The van der Waals surface area contributed by atoms with Gasteiger partial charge in [0.25, 0.3) is 0 Å². The van der Waals surface area contributed by atoms with Crippen LogP contribution >= 0.6 is 0 Å². The minimum atomic E-state index is 0.263. The fourth-order valence-electron chi connectivity index (χ4n) is 7.89. The summed E-state index contributed by atoms with van der Waals surface area (Å²) in [5.74, 6) is 6.04. The number of nitrogens with zero attached hydrogens (tertiary/aromatic N) is 4. The minimum absolute atomic E-state index is 0.263. The van der Waals surface area contributed by atoms with Crippen molar-refractivity contribution in [1.82, 2.24) is 19.8 Å². The van der Waals surface area contributed by atoms with Crippen molar-refractivity contribution in [2.45, 2.75) is 70.8 Å². The highest BCUT2D eigenvalue weighted by Gasteiger charge is 2.47. The fourth-order valence-corrected chi connectivity index (χ4v) is 7.89. The molecule has 1 aromatic rings. The average Bonchev–Trinajstić information content (AvgIpc) is 3.06. The molecule has 1 aromatic heterocycles. The highest BCUT2D eigenvalue weighted by Crippen LogP contribution is 2.56. The number of anilines is 1. The standard InChI is InChI=1S/C26H39N5O/c32-25(16-30-6-3-1-2-4-7-30)31-8-5-22-24(15-31)28-17-29-26(22)27-14-23-20-10-18-9-19(12-20)13-21(23)11-18/h17-21,23H,1-16H2,(H,27,28,29). The molecule has 4 bridgehead atoms. The summed E-state index contributed by atoms with van der Waals surface area (Å²) >= 11 is 0. The monoisotopic (exact) mass is 437 g/mol. The van der Waals surface area contributed by atoms with Gasteiger partial charge in [-0.25, -0.2) is 9.97 Å². The number of aromatic nitrogens is 2. The average molecular weight is 438 g/mol. The second kappa shape index (κ2) is 8.92. The number of carbonyl (C=O) groups is 1. The quantitative estimate of drug-likeness (QED) is 0.761. The minimum Gasteiger partial charge on any atom is -0.369 e. The Labute approximate surface area is 192 Å². The molecule has 0 spiro atoms. The molecule has 174 valence electrons. The number of hydrogen-bond acceptors (Lipinski definition) is 5. The Morgan fingerprint density at radius 2 is 1.66 bits per heavy atom. The molecule has 6 heteroatoms. The Balaban J connectivity index is 1.08. The fraction of sp³-hybridized carbons (Fsp3) is 0.808. The summed E-state index contributed by atoms with van der Waals surface area (Å²) in [6.07, 6.45) is 15.0. The lowest BCUT2D eigenvalue weighted by atomic mass is 9.52. The molecule has 1 amide bonds. The van der Waals surface area contributed by atoms with Crippen molar-refractivity contribution in [2.75, 3.05) is 38.0 Å². The van der Waals surface area contributed by atoms with Gasteiger partial charge in [-0.1, -0.05) is 12.8 Å². The molecule has 0 aromatic carbocycles. The molecular weight excluding hydrogens is 398 g/mol. The summed E-state index contributed by atoms with van der Waals surface area (Å²) in [7, 11) is 0. The van der Waals surface area contributed by atoms with Gasteiger partial charge in [0.15, 0.2) is 0 Å². The van der Waals surface area contributed by atoms with E-state index in [-0.39, 0.29) is 5.91 Å². The van der Waals surface area contributed by atoms with Gasteiger partial charge in [0, 0.05) is 18.7 Å². The Bertz CT molecular complexity index is 806. The van der Waals surface area contributed by atoms with Crippen molar-refractivity contribution in [3.05, 3.63) is 17.6 Å². The molecule has 5 fully saturated rings. The van der Waals surface area contributed by atoms with E-state index in [2.05, 4.69) is 20.2 Å². The first-order chi connectivity index (χ1) is 15.7. The Morgan fingerprint density at radius 3 is 2.38 bits per heavy atom. The second-order valence-corrected chi connectivity index (χ2v) is 11.4. The van der Waals surface area contributed by atoms with Crippen LogP contribution in [0, 0.1) is 29.6 Å². The van der Waals surface area contributed by atoms with Crippen LogP contribution < -0.4 is 5.32 Å². The van der Waals surface area contributed by atoms with Crippen molar-refractivity contribution in [2.24, 2.45) is 29.6 Å². The van der Waals surface area contributed by atoms with Crippen LogP contribution in [0.3, 0.4) is 0 Å². The molecule has 0 radical (unpaired) electrons. The number of nitrogens with one attached hydrogen (secondary N) is 1. The zero-order valence-electron chi connectivity index (χ0n) is 19.5. The van der Waals surface area contributed by atoms with Crippen LogP contribution in [0.1, 0.15) is 69.0 Å². The smallest absolute Gasteiger partial charge is 0.237 e. The molecule has 4 saturated carbocycles. The maximum atomic E-state index is 13.0. The largest absolute Gasteiger partial charge is 0.369 e.